The molecule has 1 unspecified atom stereocenters. The third-order valence-corrected chi connectivity index (χ3v) is 6.20. The number of carbonyl (C=O) groups excluding carboxylic acids is 2. The maximum atomic E-state index is 12.8. The first kappa shape index (κ1) is 23.7. The summed E-state index contributed by atoms with van der Waals surface area (Å²) in [7, 11) is 3.01. The second-order valence-electron chi connectivity index (χ2n) is 6.77. The molecule has 0 radical (unpaired) electrons. The van der Waals surface area contributed by atoms with Crippen LogP contribution in [0.3, 0.4) is 0 Å². The lowest BCUT2D eigenvalue weighted by Gasteiger charge is -2.14. The zero-order valence-electron chi connectivity index (χ0n) is 17.8. The SMILES string of the molecule is COc1cccc(OC)c1C(=O)Nc1ccc(SC(C)C(=O)Nc2ccc(Br)cc2)cc1. The lowest BCUT2D eigenvalue weighted by molar-refractivity contribution is -0.115. The van der Waals surface area contributed by atoms with E-state index in [4.69, 9.17) is 9.47 Å². The van der Waals surface area contributed by atoms with Gasteiger partial charge in [-0.05, 0) is 67.6 Å². The van der Waals surface area contributed by atoms with Crippen LogP contribution in [0.1, 0.15) is 17.3 Å². The topological polar surface area (TPSA) is 76.7 Å². The van der Waals surface area contributed by atoms with Crippen molar-refractivity contribution in [2.24, 2.45) is 0 Å². The molecule has 166 valence electrons. The Hall–Kier alpha value is -2.97. The van der Waals surface area contributed by atoms with Gasteiger partial charge in [-0.3, -0.25) is 9.59 Å². The molecule has 0 spiro atoms. The summed E-state index contributed by atoms with van der Waals surface area (Å²) in [6.07, 6.45) is 0. The summed E-state index contributed by atoms with van der Waals surface area (Å²) >= 11 is 4.81. The Morgan fingerprint density at radius 2 is 1.38 bits per heavy atom. The molecule has 2 N–H and O–H groups in total. The van der Waals surface area contributed by atoms with E-state index in [9.17, 15) is 9.59 Å². The molecule has 3 aromatic carbocycles. The van der Waals surface area contributed by atoms with Crippen LogP contribution in [-0.4, -0.2) is 31.3 Å². The molecule has 0 bridgehead atoms. The van der Waals surface area contributed by atoms with Crippen molar-refractivity contribution < 1.29 is 19.1 Å². The van der Waals surface area contributed by atoms with Crippen molar-refractivity contribution in [3.05, 3.63) is 76.8 Å². The molecule has 0 aliphatic carbocycles. The highest BCUT2D eigenvalue weighted by molar-refractivity contribution is 9.10. The first-order chi connectivity index (χ1) is 15.4. The molecule has 0 aromatic heterocycles. The van der Waals surface area contributed by atoms with Crippen molar-refractivity contribution in [2.45, 2.75) is 17.1 Å². The first-order valence-electron chi connectivity index (χ1n) is 9.76. The molecular weight excluding hydrogens is 492 g/mol. The number of hydrogen-bond acceptors (Lipinski definition) is 5. The van der Waals surface area contributed by atoms with Crippen LogP contribution >= 0.6 is 27.7 Å². The van der Waals surface area contributed by atoms with Crippen molar-refractivity contribution in [3.8, 4) is 11.5 Å². The van der Waals surface area contributed by atoms with Crippen LogP contribution in [0, 0.1) is 0 Å². The predicted octanol–water partition coefficient (Wildman–Crippen LogP) is 5.84. The minimum atomic E-state index is -0.332. The Balaban J connectivity index is 1.62. The second kappa shape index (κ2) is 11.1. The number of nitrogens with one attached hydrogen (secondary N) is 2. The lowest BCUT2D eigenvalue weighted by Crippen LogP contribution is -2.22. The van der Waals surface area contributed by atoms with Gasteiger partial charge in [0.2, 0.25) is 5.91 Å². The van der Waals surface area contributed by atoms with Crippen molar-refractivity contribution in [3.63, 3.8) is 0 Å². The summed E-state index contributed by atoms with van der Waals surface area (Å²) < 4.78 is 11.5. The highest BCUT2D eigenvalue weighted by Gasteiger charge is 2.19. The normalized spacial score (nSPS) is 11.4. The van der Waals surface area contributed by atoms with E-state index in [0.29, 0.717) is 22.7 Å². The number of rotatable bonds is 8. The zero-order chi connectivity index (χ0) is 23.1. The van der Waals surface area contributed by atoms with E-state index in [0.717, 1.165) is 15.1 Å². The monoisotopic (exact) mass is 514 g/mol. The van der Waals surface area contributed by atoms with Crippen LogP contribution in [0.5, 0.6) is 11.5 Å². The average molecular weight is 515 g/mol. The van der Waals surface area contributed by atoms with Gasteiger partial charge in [-0.2, -0.15) is 0 Å². The van der Waals surface area contributed by atoms with E-state index in [1.807, 2.05) is 43.3 Å². The Labute approximate surface area is 199 Å². The summed E-state index contributed by atoms with van der Waals surface area (Å²) in [5.74, 6) is 0.444. The van der Waals surface area contributed by atoms with Crippen molar-refractivity contribution >= 4 is 50.9 Å². The molecule has 8 heteroatoms. The number of hydrogen-bond donors (Lipinski definition) is 2. The highest BCUT2D eigenvalue weighted by atomic mass is 79.9. The van der Waals surface area contributed by atoms with Crippen LogP contribution in [0.4, 0.5) is 11.4 Å². The van der Waals surface area contributed by atoms with E-state index in [-0.39, 0.29) is 17.1 Å². The number of halogens is 1. The smallest absolute Gasteiger partial charge is 0.263 e. The number of carbonyl (C=O) groups is 2. The number of methoxy groups -OCH3 is 2. The van der Waals surface area contributed by atoms with Crippen molar-refractivity contribution in [1.29, 1.82) is 0 Å². The maximum Gasteiger partial charge on any atom is 0.263 e. The minimum Gasteiger partial charge on any atom is -0.496 e. The second-order valence-corrected chi connectivity index (χ2v) is 9.10. The van der Waals surface area contributed by atoms with Crippen molar-refractivity contribution in [2.75, 3.05) is 24.9 Å². The van der Waals surface area contributed by atoms with Crippen LogP contribution in [-0.2, 0) is 4.79 Å². The fraction of sp³-hybridized carbons (Fsp3) is 0.167. The number of amides is 2. The molecule has 6 nitrogen and oxygen atoms in total. The molecule has 0 aliphatic heterocycles. The zero-order valence-corrected chi connectivity index (χ0v) is 20.2. The van der Waals surface area contributed by atoms with Gasteiger partial charge >= 0.3 is 0 Å². The van der Waals surface area contributed by atoms with Gasteiger partial charge in [0.05, 0.1) is 19.5 Å². The van der Waals surface area contributed by atoms with Gasteiger partial charge in [0.15, 0.2) is 0 Å². The summed E-state index contributed by atoms with van der Waals surface area (Å²) in [6, 6.07) is 19.9. The van der Waals surface area contributed by atoms with Gasteiger partial charge < -0.3 is 20.1 Å². The molecule has 0 saturated carbocycles. The average Bonchev–Trinajstić information content (AvgIpc) is 2.81. The molecule has 0 saturated heterocycles. The largest absolute Gasteiger partial charge is 0.496 e. The van der Waals surface area contributed by atoms with Crippen LogP contribution < -0.4 is 20.1 Å². The van der Waals surface area contributed by atoms with Gasteiger partial charge in [-0.15, -0.1) is 11.8 Å². The molecule has 2 amide bonds. The van der Waals surface area contributed by atoms with Gasteiger partial charge in [0, 0.05) is 20.7 Å². The van der Waals surface area contributed by atoms with Gasteiger partial charge in [0.1, 0.15) is 17.1 Å². The first-order valence-corrected chi connectivity index (χ1v) is 11.4. The van der Waals surface area contributed by atoms with E-state index >= 15 is 0 Å². The number of benzene rings is 3. The van der Waals surface area contributed by atoms with Crippen LogP contribution in [0.15, 0.2) is 76.1 Å². The Morgan fingerprint density at radius 3 is 1.94 bits per heavy atom. The third kappa shape index (κ3) is 6.05. The lowest BCUT2D eigenvalue weighted by atomic mass is 10.1. The molecule has 0 fully saturated rings. The molecule has 1 atom stereocenters. The number of anilines is 2. The molecular formula is C24H23BrN2O4S. The van der Waals surface area contributed by atoms with Crippen molar-refractivity contribution in [1.82, 2.24) is 0 Å². The molecule has 32 heavy (non-hydrogen) atoms. The van der Waals surface area contributed by atoms with E-state index in [2.05, 4.69) is 26.6 Å². The molecule has 0 aliphatic rings. The van der Waals surface area contributed by atoms with Gasteiger partial charge in [0.25, 0.3) is 5.91 Å². The summed E-state index contributed by atoms with van der Waals surface area (Å²) in [5, 5.41) is 5.47. The number of ether oxygens (including phenoxy) is 2. The van der Waals surface area contributed by atoms with E-state index in [1.54, 1.807) is 30.3 Å². The fourth-order valence-electron chi connectivity index (χ4n) is 2.92. The van der Waals surface area contributed by atoms with Crippen LogP contribution in [0.2, 0.25) is 0 Å². The summed E-state index contributed by atoms with van der Waals surface area (Å²) in [4.78, 5) is 26.2. The molecule has 3 rings (SSSR count). The van der Waals surface area contributed by atoms with Gasteiger partial charge in [-0.25, -0.2) is 0 Å². The third-order valence-electron chi connectivity index (χ3n) is 4.56. The summed E-state index contributed by atoms with van der Waals surface area (Å²) in [5.41, 5.74) is 1.70. The standard InChI is InChI=1S/C24H23BrN2O4S/c1-15(23(28)26-17-9-7-16(25)8-10-17)32-19-13-11-18(12-14-19)27-24(29)22-20(30-2)5-4-6-21(22)31-3/h4-15H,1-3H3,(H,26,28)(H,27,29). The van der Waals surface area contributed by atoms with E-state index in [1.165, 1.54) is 26.0 Å². The quantitative estimate of drug-likeness (QED) is 0.369. The number of thioether (sulfide) groups is 1. The minimum absolute atomic E-state index is 0.0852. The summed E-state index contributed by atoms with van der Waals surface area (Å²) in [6.45, 7) is 1.85. The molecule has 3 aromatic rings. The van der Waals surface area contributed by atoms with E-state index < -0.39 is 0 Å². The Kier molecular flexibility index (Phi) is 8.19. The highest BCUT2D eigenvalue weighted by Crippen LogP contribution is 2.30. The molecule has 0 heterocycles. The Bertz CT molecular complexity index is 1070. The maximum absolute atomic E-state index is 12.8. The Morgan fingerprint density at radius 1 is 0.844 bits per heavy atom. The fourth-order valence-corrected chi connectivity index (χ4v) is 4.05. The van der Waals surface area contributed by atoms with Crippen LogP contribution in [0.25, 0.3) is 0 Å². The van der Waals surface area contributed by atoms with Gasteiger partial charge in [-0.1, -0.05) is 22.0 Å². The predicted molar refractivity (Wildman–Crippen MR) is 132 cm³/mol.